The van der Waals surface area contributed by atoms with Gasteiger partial charge in [-0.3, -0.25) is 0 Å². The maximum Gasteiger partial charge on any atom is 0.231 e. The minimum absolute atomic E-state index is 0.207. The fourth-order valence-corrected chi connectivity index (χ4v) is 1.58. The van der Waals surface area contributed by atoms with Gasteiger partial charge in [-0.25, -0.2) is 0 Å². The predicted octanol–water partition coefficient (Wildman–Crippen LogP) is 3.03. The van der Waals surface area contributed by atoms with Crippen LogP contribution in [-0.4, -0.2) is 6.79 Å². The van der Waals surface area contributed by atoms with Gasteiger partial charge in [0.25, 0.3) is 0 Å². The van der Waals surface area contributed by atoms with Crippen molar-refractivity contribution in [1.29, 1.82) is 0 Å². The van der Waals surface area contributed by atoms with Crippen LogP contribution in [0.1, 0.15) is 5.56 Å². The first-order chi connectivity index (χ1) is 5.70. The van der Waals surface area contributed by atoms with E-state index < -0.39 is 0 Å². The van der Waals surface area contributed by atoms with Crippen LogP contribution in [0.3, 0.4) is 0 Å². The molecule has 1 heterocycles. The Morgan fingerprint density at radius 3 is 2.83 bits per heavy atom. The van der Waals surface area contributed by atoms with Gasteiger partial charge in [0.15, 0.2) is 0 Å². The second kappa shape index (κ2) is 2.71. The Balaban J connectivity index is 2.71. The monoisotopic (exact) mass is 204 g/mol. The van der Waals surface area contributed by atoms with Gasteiger partial charge in [-0.2, -0.15) is 0 Å². The maximum absolute atomic E-state index is 5.89. The Morgan fingerprint density at radius 2 is 2.08 bits per heavy atom. The third-order valence-electron chi connectivity index (χ3n) is 1.79. The average molecular weight is 205 g/mol. The highest BCUT2D eigenvalue weighted by Crippen LogP contribution is 2.42. The summed E-state index contributed by atoms with van der Waals surface area (Å²) in [6.45, 7) is 2.09. The van der Waals surface area contributed by atoms with Gasteiger partial charge in [-0.05, 0) is 6.92 Å². The lowest BCUT2D eigenvalue weighted by molar-refractivity contribution is 0.103. The van der Waals surface area contributed by atoms with Crippen LogP contribution in [0.2, 0.25) is 10.0 Å². The molecule has 1 aliphatic rings. The van der Waals surface area contributed by atoms with E-state index in [0.29, 0.717) is 15.8 Å². The van der Waals surface area contributed by atoms with Gasteiger partial charge in [-0.15, -0.1) is 0 Å². The van der Waals surface area contributed by atoms with E-state index in [1.54, 1.807) is 6.07 Å². The summed E-state index contributed by atoms with van der Waals surface area (Å²) < 4.78 is 10.4. The number of rotatable bonds is 0. The molecule has 1 aromatic carbocycles. The first kappa shape index (κ1) is 8.02. The summed E-state index contributed by atoms with van der Waals surface area (Å²) in [4.78, 5) is 0. The highest BCUT2D eigenvalue weighted by atomic mass is 35.5. The maximum atomic E-state index is 5.89. The zero-order valence-corrected chi connectivity index (χ0v) is 7.87. The number of hydrogen-bond acceptors (Lipinski definition) is 2. The van der Waals surface area contributed by atoms with Gasteiger partial charge in [0.05, 0.1) is 5.02 Å². The van der Waals surface area contributed by atoms with Gasteiger partial charge in [0.2, 0.25) is 6.79 Å². The quantitative estimate of drug-likeness (QED) is 0.647. The van der Waals surface area contributed by atoms with Crippen molar-refractivity contribution in [3.8, 4) is 11.5 Å². The van der Waals surface area contributed by atoms with E-state index in [-0.39, 0.29) is 6.79 Å². The Hall–Kier alpha value is -0.600. The summed E-state index contributed by atoms with van der Waals surface area (Å²) in [7, 11) is 0. The van der Waals surface area contributed by atoms with Crippen molar-refractivity contribution in [2.45, 2.75) is 6.92 Å². The second-order valence-corrected chi connectivity index (χ2v) is 3.32. The van der Waals surface area contributed by atoms with E-state index in [4.69, 9.17) is 32.7 Å². The van der Waals surface area contributed by atoms with Crippen LogP contribution < -0.4 is 9.47 Å². The minimum atomic E-state index is 0.207. The topological polar surface area (TPSA) is 18.5 Å². The molecule has 4 heteroatoms. The summed E-state index contributed by atoms with van der Waals surface area (Å²) in [6.07, 6.45) is 0. The molecule has 64 valence electrons. The van der Waals surface area contributed by atoms with Crippen molar-refractivity contribution in [1.82, 2.24) is 0 Å². The van der Waals surface area contributed by atoms with Crippen molar-refractivity contribution < 1.29 is 9.47 Å². The summed E-state index contributed by atoms with van der Waals surface area (Å²) >= 11 is 11.7. The van der Waals surface area contributed by atoms with E-state index in [1.165, 1.54) is 0 Å². The molecular formula is C8H6Cl2O2. The molecule has 0 unspecified atom stereocenters. The van der Waals surface area contributed by atoms with Gasteiger partial charge in [0.1, 0.15) is 16.5 Å². The van der Waals surface area contributed by atoms with E-state index in [0.717, 1.165) is 11.3 Å². The molecule has 1 aromatic rings. The van der Waals surface area contributed by atoms with Crippen molar-refractivity contribution in [2.24, 2.45) is 0 Å². The molecule has 2 bridgehead atoms. The summed E-state index contributed by atoms with van der Waals surface area (Å²) in [6, 6.07) is 1.70. The van der Waals surface area contributed by atoms with E-state index in [9.17, 15) is 0 Å². The zero-order valence-electron chi connectivity index (χ0n) is 6.36. The molecule has 0 aliphatic carbocycles. The van der Waals surface area contributed by atoms with Crippen LogP contribution in [0.15, 0.2) is 6.07 Å². The number of fused-ring (bicyclic) bond motifs is 2. The smallest absolute Gasteiger partial charge is 0.231 e. The molecule has 0 radical (unpaired) electrons. The summed E-state index contributed by atoms with van der Waals surface area (Å²) in [5.74, 6) is 1.37. The highest BCUT2D eigenvalue weighted by Gasteiger charge is 2.19. The molecule has 0 saturated carbocycles. The van der Waals surface area contributed by atoms with Gasteiger partial charge >= 0.3 is 0 Å². The molecule has 0 atom stereocenters. The molecule has 0 spiro atoms. The van der Waals surface area contributed by atoms with Gasteiger partial charge in [0, 0.05) is 11.6 Å². The second-order valence-electron chi connectivity index (χ2n) is 2.53. The van der Waals surface area contributed by atoms with Crippen LogP contribution in [0, 0.1) is 6.92 Å². The lowest BCUT2D eigenvalue weighted by atomic mass is 10.2. The van der Waals surface area contributed by atoms with Crippen molar-refractivity contribution in [3.05, 3.63) is 21.7 Å². The molecule has 12 heavy (non-hydrogen) atoms. The first-order valence-electron chi connectivity index (χ1n) is 3.44. The predicted molar refractivity (Wildman–Crippen MR) is 47.3 cm³/mol. The molecule has 0 fully saturated rings. The molecule has 0 amide bonds. The largest absolute Gasteiger partial charge is 0.457 e. The van der Waals surface area contributed by atoms with E-state index in [2.05, 4.69) is 0 Å². The summed E-state index contributed by atoms with van der Waals surface area (Å²) in [5, 5.41) is 0.924. The van der Waals surface area contributed by atoms with E-state index in [1.807, 2.05) is 6.92 Å². The molecule has 0 saturated heterocycles. The molecule has 0 aromatic heterocycles. The van der Waals surface area contributed by atoms with Gasteiger partial charge in [-0.1, -0.05) is 23.2 Å². The third kappa shape index (κ3) is 1.03. The fraction of sp³-hybridized carbons (Fsp3) is 0.250. The van der Waals surface area contributed by atoms with Crippen LogP contribution in [-0.2, 0) is 0 Å². The normalized spacial score (nSPS) is 13.6. The Bertz CT molecular complexity index is 330. The van der Waals surface area contributed by atoms with Crippen LogP contribution in [0.4, 0.5) is 0 Å². The standard InChI is InChI=1S/C8H6Cl2O2/c1-4-6-2-5(9)7(10)8(4)12-3-11-6/h2H,3H2,1H3. The number of hydrogen-bond donors (Lipinski definition) is 0. The number of halogens is 2. The van der Waals surface area contributed by atoms with Gasteiger partial charge < -0.3 is 9.47 Å². The third-order valence-corrected chi connectivity index (χ3v) is 2.56. The Morgan fingerprint density at radius 1 is 1.33 bits per heavy atom. The van der Waals surface area contributed by atoms with Crippen LogP contribution in [0.25, 0.3) is 0 Å². The van der Waals surface area contributed by atoms with Crippen molar-refractivity contribution >= 4 is 23.2 Å². The fourth-order valence-electron chi connectivity index (χ4n) is 1.15. The Labute approximate surface area is 80.0 Å². The number of ether oxygens (including phenoxy) is 2. The van der Waals surface area contributed by atoms with E-state index >= 15 is 0 Å². The molecule has 2 nitrogen and oxygen atoms in total. The minimum Gasteiger partial charge on any atom is -0.457 e. The number of benzene rings is 1. The lowest BCUT2D eigenvalue weighted by Gasteiger charge is -2.21. The molecule has 0 N–H and O–H groups in total. The lowest BCUT2D eigenvalue weighted by Crippen LogP contribution is -2.13. The van der Waals surface area contributed by atoms with Crippen molar-refractivity contribution in [3.63, 3.8) is 0 Å². The molecular weight excluding hydrogens is 199 g/mol. The highest BCUT2D eigenvalue weighted by molar-refractivity contribution is 6.43. The van der Waals surface area contributed by atoms with Crippen LogP contribution in [0.5, 0.6) is 11.5 Å². The van der Waals surface area contributed by atoms with Crippen LogP contribution >= 0.6 is 23.2 Å². The Kier molecular flexibility index (Phi) is 1.81. The molecule has 1 aliphatic heterocycles. The summed E-state index contributed by atoms with van der Waals surface area (Å²) in [5.41, 5.74) is 0.899. The first-order valence-corrected chi connectivity index (χ1v) is 4.20. The molecule has 2 rings (SSSR count). The zero-order chi connectivity index (χ0) is 8.72. The van der Waals surface area contributed by atoms with Crippen molar-refractivity contribution in [2.75, 3.05) is 6.79 Å². The SMILES string of the molecule is Cc1c2cc(Cl)c(Cl)c1OCO2. The average Bonchev–Trinajstić information content (AvgIpc) is 2.04.